The van der Waals surface area contributed by atoms with Crippen LogP contribution >= 0.6 is 22.9 Å². The van der Waals surface area contributed by atoms with Crippen LogP contribution in [0.5, 0.6) is 11.5 Å². The van der Waals surface area contributed by atoms with E-state index >= 15 is 0 Å². The highest BCUT2D eigenvalue weighted by molar-refractivity contribution is 7.10. The van der Waals surface area contributed by atoms with Crippen molar-refractivity contribution in [1.82, 2.24) is 15.1 Å². The number of nitrogens with one attached hydrogen (secondary N) is 1. The van der Waals surface area contributed by atoms with Gasteiger partial charge in [-0.05, 0) is 18.2 Å². The third-order valence-corrected chi connectivity index (χ3v) is 4.88. The Balaban J connectivity index is 1.38. The van der Waals surface area contributed by atoms with Crippen molar-refractivity contribution in [2.45, 2.75) is 13.1 Å². The minimum Gasteiger partial charge on any atom is -0.485 e. The van der Waals surface area contributed by atoms with Gasteiger partial charge in [0.1, 0.15) is 13.2 Å². The molecule has 3 heterocycles. The number of aromatic nitrogens is 2. The number of rotatable bonds is 5. The molecule has 1 aromatic carbocycles. The molecule has 0 bridgehead atoms. The van der Waals surface area contributed by atoms with Gasteiger partial charge in [0.15, 0.2) is 11.5 Å². The van der Waals surface area contributed by atoms with Gasteiger partial charge in [0.2, 0.25) is 0 Å². The molecule has 2 aromatic heterocycles. The molecular weight excluding hydrogens is 346 g/mol. The maximum absolute atomic E-state index is 6.03. The van der Waals surface area contributed by atoms with Crippen molar-refractivity contribution >= 4 is 22.9 Å². The molecule has 0 spiro atoms. The fourth-order valence-corrected chi connectivity index (χ4v) is 3.63. The van der Waals surface area contributed by atoms with Crippen molar-refractivity contribution < 1.29 is 9.47 Å². The smallest absolute Gasteiger partial charge is 0.176 e. The maximum Gasteiger partial charge on any atom is 0.176 e. The zero-order valence-electron chi connectivity index (χ0n) is 12.9. The summed E-state index contributed by atoms with van der Waals surface area (Å²) in [5, 5.41) is 10.5. The lowest BCUT2D eigenvalue weighted by molar-refractivity contribution is 0.172. The van der Waals surface area contributed by atoms with Crippen LogP contribution in [0.3, 0.4) is 0 Å². The Bertz CT molecular complexity index is 846. The highest BCUT2D eigenvalue weighted by atomic mass is 35.5. The van der Waals surface area contributed by atoms with Gasteiger partial charge in [0.25, 0.3) is 0 Å². The Labute approximate surface area is 148 Å². The highest BCUT2D eigenvalue weighted by Crippen LogP contribution is 2.39. The predicted molar refractivity (Wildman–Crippen MR) is 94.4 cm³/mol. The minimum atomic E-state index is 0.614. The number of halogens is 1. The van der Waals surface area contributed by atoms with Crippen molar-refractivity contribution in [1.29, 1.82) is 0 Å². The largest absolute Gasteiger partial charge is 0.485 e. The molecule has 5 nitrogen and oxygen atoms in total. The molecule has 4 rings (SSSR count). The first-order valence-electron chi connectivity index (χ1n) is 7.66. The molecule has 7 heteroatoms. The quantitative estimate of drug-likeness (QED) is 0.753. The fourth-order valence-electron chi connectivity index (χ4n) is 2.57. The van der Waals surface area contributed by atoms with Gasteiger partial charge in [-0.15, -0.1) is 11.3 Å². The molecule has 1 N–H and O–H groups in total. The van der Waals surface area contributed by atoms with Crippen molar-refractivity contribution in [3.63, 3.8) is 0 Å². The van der Waals surface area contributed by atoms with Crippen LogP contribution in [0.2, 0.25) is 5.02 Å². The van der Waals surface area contributed by atoms with Crippen LogP contribution < -0.4 is 14.8 Å². The Hall–Kier alpha value is -2.02. The first-order valence-corrected chi connectivity index (χ1v) is 8.91. The lowest BCUT2D eigenvalue weighted by Crippen LogP contribution is -2.17. The van der Waals surface area contributed by atoms with Crippen molar-refractivity contribution in [3.05, 3.63) is 57.5 Å². The second-order valence-electron chi connectivity index (χ2n) is 5.43. The fraction of sp³-hybridized carbons (Fsp3) is 0.235. The van der Waals surface area contributed by atoms with Crippen LogP contribution in [0.15, 0.2) is 42.0 Å². The molecule has 1 aliphatic heterocycles. The summed E-state index contributed by atoms with van der Waals surface area (Å²) >= 11 is 7.68. The number of hydrogen-bond donors (Lipinski definition) is 1. The van der Waals surface area contributed by atoms with E-state index in [0.29, 0.717) is 18.2 Å². The van der Waals surface area contributed by atoms with E-state index in [1.165, 1.54) is 0 Å². The average molecular weight is 362 g/mol. The first kappa shape index (κ1) is 15.5. The number of nitrogens with zero attached hydrogens (tertiary/aromatic N) is 2. The average Bonchev–Trinajstić information content (AvgIpc) is 3.23. The van der Waals surface area contributed by atoms with E-state index in [0.717, 1.165) is 40.7 Å². The van der Waals surface area contributed by atoms with Gasteiger partial charge < -0.3 is 14.8 Å². The molecule has 0 amide bonds. The molecule has 0 saturated heterocycles. The van der Waals surface area contributed by atoms with E-state index in [2.05, 4.69) is 10.4 Å². The van der Waals surface area contributed by atoms with Crippen molar-refractivity contribution in [2.75, 3.05) is 13.2 Å². The Morgan fingerprint density at radius 2 is 2.17 bits per heavy atom. The van der Waals surface area contributed by atoms with Crippen LogP contribution in [0.1, 0.15) is 10.4 Å². The normalized spacial score (nSPS) is 13.2. The lowest BCUT2D eigenvalue weighted by Gasteiger charge is -2.16. The zero-order valence-corrected chi connectivity index (χ0v) is 14.4. The van der Waals surface area contributed by atoms with Gasteiger partial charge >= 0.3 is 0 Å². The first-order chi connectivity index (χ1) is 11.8. The zero-order chi connectivity index (χ0) is 16.4. The minimum absolute atomic E-state index is 0.614. The van der Waals surface area contributed by atoms with Crippen LogP contribution in [-0.2, 0) is 13.1 Å². The van der Waals surface area contributed by atoms with E-state index in [-0.39, 0.29) is 0 Å². The topological polar surface area (TPSA) is 48.3 Å². The van der Waals surface area contributed by atoms with Gasteiger partial charge in [-0.2, -0.15) is 5.10 Å². The van der Waals surface area contributed by atoms with Gasteiger partial charge in [-0.3, -0.25) is 0 Å². The number of thiophene rings is 1. The summed E-state index contributed by atoms with van der Waals surface area (Å²) in [4.78, 5) is 1.16. The summed E-state index contributed by atoms with van der Waals surface area (Å²) in [7, 11) is 0. The second-order valence-corrected chi connectivity index (χ2v) is 6.83. The van der Waals surface area contributed by atoms with E-state index in [1.807, 2.05) is 46.7 Å². The number of ether oxygens (including phenoxy) is 2. The Morgan fingerprint density at radius 1 is 1.25 bits per heavy atom. The van der Waals surface area contributed by atoms with Crippen LogP contribution in [-0.4, -0.2) is 23.0 Å². The maximum atomic E-state index is 6.03. The molecule has 124 valence electrons. The molecule has 1 aliphatic rings. The number of hydrogen-bond acceptors (Lipinski definition) is 5. The number of benzene rings is 1. The SMILES string of the molecule is Clc1cccc(-n2cc(CNCc3scc4c3OCCO4)cn2)c1. The summed E-state index contributed by atoms with van der Waals surface area (Å²) in [6, 6.07) is 7.64. The van der Waals surface area contributed by atoms with Gasteiger partial charge in [0.05, 0.1) is 16.8 Å². The van der Waals surface area contributed by atoms with E-state index in [4.69, 9.17) is 21.1 Å². The molecule has 3 aromatic rings. The summed E-state index contributed by atoms with van der Waals surface area (Å²) in [5.74, 6) is 1.74. The third kappa shape index (κ3) is 3.26. The van der Waals surface area contributed by atoms with Crippen molar-refractivity contribution in [3.8, 4) is 17.2 Å². The molecule has 0 fully saturated rings. The van der Waals surface area contributed by atoms with Gasteiger partial charge in [-0.25, -0.2) is 4.68 Å². The monoisotopic (exact) mass is 361 g/mol. The van der Waals surface area contributed by atoms with E-state index in [9.17, 15) is 0 Å². The summed E-state index contributed by atoms with van der Waals surface area (Å²) in [6.45, 7) is 2.71. The molecule has 0 aliphatic carbocycles. The Kier molecular flexibility index (Phi) is 4.42. The molecular formula is C17H16ClN3O2S. The predicted octanol–water partition coefficient (Wildman–Crippen LogP) is 3.65. The molecule has 24 heavy (non-hydrogen) atoms. The summed E-state index contributed by atoms with van der Waals surface area (Å²) in [6.07, 6.45) is 3.86. The van der Waals surface area contributed by atoms with Crippen LogP contribution in [0.4, 0.5) is 0 Å². The van der Waals surface area contributed by atoms with Crippen LogP contribution in [0.25, 0.3) is 5.69 Å². The van der Waals surface area contributed by atoms with Gasteiger partial charge in [-0.1, -0.05) is 17.7 Å². The van der Waals surface area contributed by atoms with Crippen molar-refractivity contribution in [2.24, 2.45) is 0 Å². The number of fused-ring (bicyclic) bond motifs is 1. The standard InChI is InChI=1S/C17H16ClN3O2S/c18-13-2-1-3-14(6-13)21-10-12(8-20-21)7-19-9-16-17-15(11-24-16)22-4-5-23-17/h1-3,6,8,10-11,19H,4-5,7,9H2. The molecule has 0 saturated carbocycles. The summed E-state index contributed by atoms with van der Waals surface area (Å²) in [5.41, 5.74) is 2.06. The van der Waals surface area contributed by atoms with E-state index < -0.39 is 0 Å². The molecule has 0 radical (unpaired) electrons. The Morgan fingerprint density at radius 3 is 3.08 bits per heavy atom. The van der Waals surface area contributed by atoms with E-state index in [1.54, 1.807) is 11.3 Å². The van der Waals surface area contributed by atoms with Gasteiger partial charge in [0, 0.05) is 35.3 Å². The van der Waals surface area contributed by atoms with Crippen LogP contribution in [0, 0.1) is 0 Å². The third-order valence-electron chi connectivity index (χ3n) is 3.70. The highest BCUT2D eigenvalue weighted by Gasteiger charge is 2.18. The second kappa shape index (κ2) is 6.84. The lowest BCUT2D eigenvalue weighted by atomic mass is 10.3. The molecule has 0 atom stereocenters. The summed E-state index contributed by atoms with van der Waals surface area (Å²) < 4.78 is 13.1. The molecule has 0 unspecified atom stereocenters.